The molecule has 2 rings (SSSR count). The Morgan fingerprint density at radius 2 is 1.95 bits per heavy atom. The van der Waals surface area contributed by atoms with Gasteiger partial charge < -0.3 is 10.6 Å². The van der Waals surface area contributed by atoms with Crippen LogP contribution in [0.25, 0.3) is 0 Å². The van der Waals surface area contributed by atoms with E-state index >= 15 is 0 Å². The minimum Gasteiger partial charge on any atom is -0.352 e. The molecule has 1 aliphatic heterocycles. The largest absolute Gasteiger partial charge is 0.352 e. The average molecular weight is 283 g/mol. The van der Waals surface area contributed by atoms with Gasteiger partial charge in [-0.25, -0.2) is 13.1 Å². The Balaban J connectivity index is 1.99. The summed E-state index contributed by atoms with van der Waals surface area (Å²) in [7, 11) is -2.10. The van der Waals surface area contributed by atoms with Crippen molar-refractivity contribution in [3.8, 4) is 0 Å². The second-order valence-electron chi connectivity index (χ2n) is 4.47. The van der Waals surface area contributed by atoms with Crippen LogP contribution >= 0.6 is 0 Å². The van der Waals surface area contributed by atoms with Crippen molar-refractivity contribution in [2.75, 3.05) is 26.7 Å². The molecule has 3 N–H and O–H groups in total. The zero-order chi connectivity index (χ0) is 13.9. The number of nitrogens with one attached hydrogen (secondary N) is 3. The molecular weight excluding hydrogens is 266 g/mol. The molecule has 104 valence electrons. The normalized spacial score (nSPS) is 15.8. The molecular formula is C12H17N3O3S. The molecule has 1 amide bonds. The third kappa shape index (κ3) is 3.31. The van der Waals surface area contributed by atoms with Gasteiger partial charge in [-0.05, 0) is 31.3 Å². The van der Waals surface area contributed by atoms with Crippen molar-refractivity contribution >= 4 is 15.9 Å². The van der Waals surface area contributed by atoms with Crippen LogP contribution in [0.2, 0.25) is 0 Å². The van der Waals surface area contributed by atoms with E-state index in [2.05, 4.69) is 15.4 Å². The van der Waals surface area contributed by atoms with Crippen molar-refractivity contribution in [2.24, 2.45) is 5.92 Å². The Morgan fingerprint density at radius 1 is 1.32 bits per heavy atom. The van der Waals surface area contributed by atoms with Crippen molar-refractivity contribution in [2.45, 2.75) is 4.90 Å². The lowest BCUT2D eigenvalue weighted by atomic mass is 10.0. The van der Waals surface area contributed by atoms with E-state index in [0.717, 1.165) is 13.1 Å². The molecule has 7 heteroatoms. The van der Waals surface area contributed by atoms with Gasteiger partial charge in [0.05, 0.1) is 4.90 Å². The van der Waals surface area contributed by atoms with E-state index in [1.165, 1.54) is 31.3 Å². The average Bonchev–Trinajstić information content (AvgIpc) is 2.37. The first-order chi connectivity index (χ1) is 9.03. The van der Waals surface area contributed by atoms with Crippen LogP contribution in [-0.2, 0) is 10.0 Å². The van der Waals surface area contributed by atoms with E-state index in [1.807, 2.05) is 0 Å². The Bertz CT molecular complexity index is 550. The maximum atomic E-state index is 11.8. The van der Waals surface area contributed by atoms with Crippen LogP contribution in [0.5, 0.6) is 0 Å². The molecule has 1 aromatic rings. The molecule has 0 aromatic heterocycles. The van der Waals surface area contributed by atoms with E-state index < -0.39 is 10.0 Å². The summed E-state index contributed by atoms with van der Waals surface area (Å²) in [6.45, 7) is 2.50. The predicted molar refractivity (Wildman–Crippen MR) is 71.4 cm³/mol. The summed E-state index contributed by atoms with van der Waals surface area (Å²) in [4.78, 5) is 12.0. The fraction of sp³-hybridized carbons (Fsp3) is 0.417. The first-order valence-electron chi connectivity index (χ1n) is 6.05. The summed E-state index contributed by atoms with van der Waals surface area (Å²) >= 11 is 0. The molecule has 0 aliphatic carbocycles. The Labute approximate surface area is 112 Å². The first kappa shape index (κ1) is 14.0. The number of amides is 1. The van der Waals surface area contributed by atoms with Gasteiger partial charge >= 0.3 is 0 Å². The molecule has 0 spiro atoms. The van der Waals surface area contributed by atoms with Gasteiger partial charge in [0.1, 0.15) is 0 Å². The van der Waals surface area contributed by atoms with Gasteiger partial charge in [0.25, 0.3) is 5.91 Å². The number of hydrogen-bond acceptors (Lipinski definition) is 4. The van der Waals surface area contributed by atoms with Gasteiger partial charge in [0.2, 0.25) is 10.0 Å². The summed E-state index contributed by atoms with van der Waals surface area (Å²) in [5.41, 5.74) is 0.460. The first-order valence-corrected chi connectivity index (χ1v) is 7.54. The van der Waals surface area contributed by atoms with Crippen LogP contribution in [0, 0.1) is 5.92 Å². The van der Waals surface area contributed by atoms with Crippen molar-refractivity contribution in [3.05, 3.63) is 29.8 Å². The molecule has 6 nitrogen and oxygen atoms in total. The third-order valence-electron chi connectivity index (χ3n) is 3.11. The molecule has 0 bridgehead atoms. The maximum absolute atomic E-state index is 11.8. The lowest BCUT2D eigenvalue weighted by Crippen LogP contribution is -2.48. The number of rotatable bonds is 5. The molecule has 1 aromatic carbocycles. The zero-order valence-electron chi connectivity index (χ0n) is 10.6. The number of hydrogen-bond donors (Lipinski definition) is 3. The summed E-state index contributed by atoms with van der Waals surface area (Å²) in [5.74, 6) is 0.313. The van der Waals surface area contributed by atoms with E-state index in [4.69, 9.17) is 0 Å². The standard InChI is InChI=1S/C12H17N3O3S/c1-13-19(17,18)11-4-2-10(3-5-11)12(16)15-8-9-6-14-7-9/h2-5,9,13-14H,6-8H2,1H3,(H,15,16). The summed E-state index contributed by atoms with van der Waals surface area (Å²) in [5, 5.41) is 5.96. The number of benzene rings is 1. The van der Waals surface area contributed by atoms with Crippen LogP contribution in [0.3, 0.4) is 0 Å². The number of sulfonamides is 1. The molecule has 0 atom stereocenters. The molecule has 19 heavy (non-hydrogen) atoms. The van der Waals surface area contributed by atoms with E-state index in [9.17, 15) is 13.2 Å². The molecule has 0 radical (unpaired) electrons. The topological polar surface area (TPSA) is 87.3 Å². The lowest BCUT2D eigenvalue weighted by molar-refractivity contribution is 0.0942. The van der Waals surface area contributed by atoms with Crippen LogP contribution < -0.4 is 15.4 Å². The SMILES string of the molecule is CNS(=O)(=O)c1ccc(C(=O)NCC2CNC2)cc1. The van der Waals surface area contributed by atoms with Crippen LogP contribution in [-0.4, -0.2) is 41.0 Å². The van der Waals surface area contributed by atoms with Gasteiger partial charge in [-0.1, -0.05) is 0 Å². The summed E-state index contributed by atoms with van der Waals surface area (Å²) in [6.07, 6.45) is 0. The van der Waals surface area contributed by atoms with E-state index in [-0.39, 0.29) is 10.8 Å². The fourth-order valence-electron chi connectivity index (χ4n) is 1.74. The van der Waals surface area contributed by atoms with Gasteiger partial charge in [-0.2, -0.15) is 0 Å². The molecule has 1 saturated heterocycles. The Kier molecular flexibility index (Phi) is 4.18. The quantitative estimate of drug-likeness (QED) is 0.682. The molecule has 1 heterocycles. The lowest BCUT2D eigenvalue weighted by Gasteiger charge is -2.27. The van der Waals surface area contributed by atoms with Crippen LogP contribution in [0.15, 0.2) is 29.2 Å². The van der Waals surface area contributed by atoms with E-state index in [1.54, 1.807) is 0 Å². The highest BCUT2D eigenvalue weighted by Crippen LogP contribution is 2.10. The zero-order valence-corrected chi connectivity index (χ0v) is 11.5. The maximum Gasteiger partial charge on any atom is 0.251 e. The van der Waals surface area contributed by atoms with Crippen molar-refractivity contribution in [3.63, 3.8) is 0 Å². The van der Waals surface area contributed by atoms with Crippen LogP contribution in [0.4, 0.5) is 0 Å². The van der Waals surface area contributed by atoms with Gasteiger partial charge in [-0.3, -0.25) is 4.79 Å². The van der Waals surface area contributed by atoms with E-state index in [0.29, 0.717) is 18.0 Å². The molecule has 1 fully saturated rings. The van der Waals surface area contributed by atoms with Crippen molar-refractivity contribution in [1.29, 1.82) is 0 Å². The summed E-state index contributed by atoms with van der Waals surface area (Å²) in [6, 6.07) is 5.87. The smallest absolute Gasteiger partial charge is 0.251 e. The third-order valence-corrected chi connectivity index (χ3v) is 4.54. The van der Waals surface area contributed by atoms with Gasteiger partial charge in [0, 0.05) is 31.1 Å². The molecule has 1 aliphatic rings. The number of carbonyl (C=O) groups excluding carboxylic acids is 1. The monoisotopic (exact) mass is 283 g/mol. The Morgan fingerprint density at radius 3 is 2.42 bits per heavy atom. The molecule has 0 unspecified atom stereocenters. The second kappa shape index (κ2) is 5.68. The molecule has 0 saturated carbocycles. The fourth-order valence-corrected chi connectivity index (χ4v) is 2.47. The van der Waals surface area contributed by atoms with Crippen LogP contribution in [0.1, 0.15) is 10.4 Å². The van der Waals surface area contributed by atoms with Crippen molar-refractivity contribution in [1.82, 2.24) is 15.4 Å². The minimum absolute atomic E-state index is 0.148. The predicted octanol–water partition coefficient (Wildman–Crippen LogP) is -0.456. The Hall–Kier alpha value is -1.44. The van der Waals surface area contributed by atoms with Gasteiger partial charge in [-0.15, -0.1) is 0 Å². The highest BCUT2D eigenvalue weighted by Gasteiger charge is 2.18. The minimum atomic E-state index is -3.45. The summed E-state index contributed by atoms with van der Waals surface area (Å²) < 4.78 is 25.3. The highest BCUT2D eigenvalue weighted by molar-refractivity contribution is 7.89. The number of carbonyl (C=O) groups is 1. The highest BCUT2D eigenvalue weighted by atomic mass is 32.2. The van der Waals surface area contributed by atoms with Gasteiger partial charge in [0.15, 0.2) is 0 Å². The second-order valence-corrected chi connectivity index (χ2v) is 6.35. The van der Waals surface area contributed by atoms with Crippen molar-refractivity contribution < 1.29 is 13.2 Å².